The maximum Gasteiger partial charge on any atom is 0.335 e. The van der Waals surface area contributed by atoms with E-state index in [4.69, 9.17) is 5.11 Å². The number of aromatic nitrogens is 1. The largest absolute Gasteiger partial charge is 0.478 e. The molecule has 1 saturated heterocycles. The first-order valence-corrected chi connectivity index (χ1v) is 9.48. The minimum absolute atomic E-state index is 0.207. The molecule has 3 amide bonds. The zero-order chi connectivity index (χ0) is 20.3. The van der Waals surface area contributed by atoms with Gasteiger partial charge in [0, 0.05) is 31.0 Å². The third-order valence-electron chi connectivity index (χ3n) is 5.93. The summed E-state index contributed by atoms with van der Waals surface area (Å²) in [7, 11) is 1.53. The topological polar surface area (TPSA) is 82.8 Å². The Morgan fingerprint density at radius 3 is 2.55 bits per heavy atom. The van der Waals surface area contributed by atoms with E-state index in [1.807, 2.05) is 18.2 Å². The first-order chi connectivity index (χ1) is 14.0. The van der Waals surface area contributed by atoms with Gasteiger partial charge in [0.2, 0.25) is 0 Å². The van der Waals surface area contributed by atoms with Crippen molar-refractivity contribution >= 4 is 28.8 Å². The summed E-state index contributed by atoms with van der Waals surface area (Å²) in [6.45, 7) is 1.01. The Morgan fingerprint density at radius 1 is 1.10 bits per heavy atom. The molecule has 0 spiro atoms. The Bertz CT molecular complexity index is 1180. The van der Waals surface area contributed by atoms with Crippen molar-refractivity contribution in [3.63, 3.8) is 0 Å². The van der Waals surface area contributed by atoms with Gasteiger partial charge in [0.25, 0.3) is 5.91 Å². The number of urea groups is 1. The number of carboxylic acids is 1. The predicted octanol–water partition coefficient (Wildman–Crippen LogP) is 2.88. The number of para-hydroxylation sites is 1. The number of fused-ring (bicyclic) bond motifs is 5. The van der Waals surface area contributed by atoms with Gasteiger partial charge in [-0.15, -0.1) is 0 Å². The van der Waals surface area contributed by atoms with Gasteiger partial charge in [-0.2, -0.15) is 0 Å². The van der Waals surface area contributed by atoms with Crippen LogP contribution in [0.2, 0.25) is 0 Å². The van der Waals surface area contributed by atoms with Gasteiger partial charge in [0.15, 0.2) is 6.04 Å². The smallest absolute Gasteiger partial charge is 0.335 e. The third-order valence-corrected chi connectivity index (χ3v) is 5.93. The highest BCUT2D eigenvalue weighted by molar-refractivity contribution is 6.05. The number of aromatic carboxylic acids is 1. The van der Waals surface area contributed by atoms with Crippen molar-refractivity contribution in [3.05, 3.63) is 70.9 Å². The second-order valence-electron chi connectivity index (χ2n) is 7.49. The zero-order valence-corrected chi connectivity index (χ0v) is 15.8. The van der Waals surface area contributed by atoms with Crippen LogP contribution in [0.3, 0.4) is 0 Å². The van der Waals surface area contributed by atoms with E-state index in [0.717, 1.165) is 27.7 Å². The van der Waals surface area contributed by atoms with Crippen LogP contribution in [0.4, 0.5) is 4.79 Å². The number of likely N-dealkylation sites (N-methyl/N-ethyl adjacent to an activating group) is 1. The van der Waals surface area contributed by atoms with E-state index in [1.54, 1.807) is 29.2 Å². The summed E-state index contributed by atoms with van der Waals surface area (Å²) in [5.41, 5.74) is 4.15. The maximum absolute atomic E-state index is 12.9. The van der Waals surface area contributed by atoms with Crippen molar-refractivity contribution in [1.29, 1.82) is 0 Å². The molecule has 1 atom stereocenters. The molecule has 0 saturated carbocycles. The lowest BCUT2D eigenvalue weighted by atomic mass is 9.98. The van der Waals surface area contributed by atoms with Crippen LogP contribution >= 0.6 is 0 Å². The van der Waals surface area contributed by atoms with Gasteiger partial charge in [-0.3, -0.25) is 9.69 Å². The van der Waals surface area contributed by atoms with Crippen LogP contribution in [0.25, 0.3) is 10.9 Å². The summed E-state index contributed by atoms with van der Waals surface area (Å²) in [6, 6.07) is 13.9. The highest BCUT2D eigenvalue weighted by Crippen LogP contribution is 2.41. The average Bonchev–Trinajstić information content (AvgIpc) is 3.16. The number of carbonyl (C=O) groups excluding carboxylic acids is 2. The number of hydrogen-bond acceptors (Lipinski definition) is 3. The SMILES string of the molecule is CN1C(=O)C2c3c(c4ccccc4n3Cc3ccc(C(=O)O)cc3)CCN2C1=O. The van der Waals surface area contributed by atoms with E-state index >= 15 is 0 Å². The van der Waals surface area contributed by atoms with Crippen molar-refractivity contribution in [3.8, 4) is 0 Å². The van der Waals surface area contributed by atoms with Crippen LogP contribution in [-0.2, 0) is 17.8 Å². The molecule has 1 unspecified atom stereocenters. The molecule has 7 nitrogen and oxygen atoms in total. The highest BCUT2D eigenvalue weighted by atomic mass is 16.4. The molecule has 3 aromatic rings. The number of nitrogens with zero attached hydrogens (tertiary/aromatic N) is 3. The fourth-order valence-corrected chi connectivity index (χ4v) is 4.51. The van der Waals surface area contributed by atoms with Crippen molar-refractivity contribution in [1.82, 2.24) is 14.4 Å². The van der Waals surface area contributed by atoms with Crippen LogP contribution in [0, 0.1) is 0 Å². The normalized spacial score (nSPS) is 18.3. The lowest BCUT2D eigenvalue weighted by Crippen LogP contribution is -2.36. The lowest BCUT2D eigenvalue weighted by Gasteiger charge is -2.29. The Hall–Kier alpha value is -3.61. The number of imide groups is 1. The van der Waals surface area contributed by atoms with Crippen LogP contribution in [0.15, 0.2) is 48.5 Å². The summed E-state index contributed by atoms with van der Waals surface area (Å²) >= 11 is 0. The molecule has 29 heavy (non-hydrogen) atoms. The molecule has 0 bridgehead atoms. The van der Waals surface area contributed by atoms with Crippen LogP contribution < -0.4 is 0 Å². The van der Waals surface area contributed by atoms with Crippen molar-refractivity contribution in [2.75, 3.05) is 13.6 Å². The number of hydrogen-bond donors (Lipinski definition) is 1. The molecule has 7 heteroatoms. The van der Waals surface area contributed by atoms with Gasteiger partial charge in [-0.1, -0.05) is 30.3 Å². The number of carboxylic acid groups (broad SMARTS) is 1. The fourth-order valence-electron chi connectivity index (χ4n) is 4.51. The van der Waals surface area contributed by atoms with Crippen molar-refractivity contribution in [2.45, 2.75) is 19.0 Å². The molecule has 5 rings (SSSR count). The summed E-state index contributed by atoms with van der Waals surface area (Å²) < 4.78 is 2.10. The minimum Gasteiger partial charge on any atom is -0.478 e. The number of amides is 3. The monoisotopic (exact) mass is 389 g/mol. The Balaban J connectivity index is 1.67. The molecule has 3 heterocycles. The second-order valence-corrected chi connectivity index (χ2v) is 7.49. The van der Waals surface area contributed by atoms with E-state index < -0.39 is 12.0 Å². The van der Waals surface area contributed by atoms with Crippen molar-refractivity contribution < 1.29 is 19.5 Å². The van der Waals surface area contributed by atoms with Crippen molar-refractivity contribution in [2.24, 2.45) is 0 Å². The third kappa shape index (κ3) is 2.47. The quantitative estimate of drug-likeness (QED) is 0.699. The van der Waals surface area contributed by atoms with Gasteiger partial charge >= 0.3 is 12.0 Å². The zero-order valence-electron chi connectivity index (χ0n) is 15.8. The molecule has 1 aromatic heterocycles. The van der Waals surface area contributed by atoms with E-state index in [1.165, 1.54) is 11.9 Å². The van der Waals surface area contributed by atoms with E-state index in [0.29, 0.717) is 19.5 Å². The molecule has 146 valence electrons. The Morgan fingerprint density at radius 2 is 1.83 bits per heavy atom. The average molecular weight is 389 g/mol. The molecule has 2 aromatic carbocycles. The van der Waals surface area contributed by atoms with Gasteiger partial charge in [-0.25, -0.2) is 9.59 Å². The second kappa shape index (κ2) is 6.20. The van der Waals surface area contributed by atoms with Crippen LogP contribution in [0.1, 0.15) is 33.2 Å². The Labute approximate surface area is 166 Å². The summed E-state index contributed by atoms with van der Waals surface area (Å²) in [4.78, 5) is 39.4. The molecule has 0 radical (unpaired) electrons. The van der Waals surface area contributed by atoms with Crippen LogP contribution in [0.5, 0.6) is 0 Å². The number of rotatable bonds is 3. The molecule has 0 aliphatic carbocycles. The molecular weight excluding hydrogens is 370 g/mol. The van der Waals surface area contributed by atoms with Gasteiger partial charge in [0.1, 0.15) is 0 Å². The predicted molar refractivity (Wildman–Crippen MR) is 106 cm³/mol. The minimum atomic E-state index is -0.964. The summed E-state index contributed by atoms with van der Waals surface area (Å²) in [5.74, 6) is -1.17. The Kier molecular flexibility index (Phi) is 3.74. The molecular formula is C22H19N3O4. The molecule has 1 fully saturated rings. The maximum atomic E-state index is 12.9. The standard InChI is InChI=1S/C22H19N3O4/c1-23-20(26)19-18-16(10-11-24(19)22(23)29)15-4-2-3-5-17(15)25(18)12-13-6-8-14(9-7-13)21(27)28/h2-9,19H,10-12H2,1H3,(H,27,28). The highest BCUT2D eigenvalue weighted by Gasteiger charge is 2.48. The van der Waals surface area contributed by atoms with Gasteiger partial charge in [-0.05, 0) is 35.7 Å². The summed E-state index contributed by atoms with van der Waals surface area (Å²) in [6.07, 6.45) is 0.699. The van der Waals surface area contributed by atoms with E-state index in [2.05, 4.69) is 10.6 Å². The fraction of sp³-hybridized carbons (Fsp3) is 0.227. The number of carbonyl (C=O) groups is 3. The van der Waals surface area contributed by atoms with Crippen LogP contribution in [-0.4, -0.2) is 51.0 Å². The molecule has 2 aliphatic heterocycles. The number of benzene rings is 2. The van der Waals surface area contributed by atoms with E-state index in [9.17, 15) is 14.4 Å². The first-order valence-electron chi connectivity index (χ1n) is 9.48. The molecule has 2 aliphatic rings. The van der Waals surface area contributed by atoms with E-state index in [-0.39, 0.29) is 17.5 Å². The first kappa shape index (κ1) is 17.5. The summed E-state index contributed by atoms with van der Waals surface area (Å²) in [5, 5.41) is 10.2. The van der Waals surface area contributed by atoms with Gasteiger partial charge < -0.3 is 14.6 Å². The lowest BCUT2D eigenvalue weighted by molar-refractivity contribution is -0.127. The molecule has 1 N–H and O–H groups in total. The van der Waals surface area contributed by atoms with Gasteiger partial charge in [0.05, 0.1) is 11.3 Å².